The molecular weight excluding hydrogens is 238 g/mol. The van der Waals surface area contributed by atoms with E-state index >= 15 is 0 Å². The Bertz CT molecular complexity index is 493. The molecule has 0 aliphatic heterocycles. The minimum absolute atomic E-state index is 0.0891. The van der Waals surface area contributed by atoms with Gasteiger partial charge in [-0.25, -0.2) is 4.98 Å². The Morgan fingerprint density at radius 1 is 1.42 bits per heavy atom. The van der Waals surface area contributed by atoms with Gasteiger partial charge in [-0.2, -0.15) is 5.26 Å². The lowest BCUT2D eigenvalue weighted by atomic mass is 9.94. The first-order valence-electron chi connectivity index (χ1n) is 6.96. The SMILES string of the molecule is CC(CO)C(C)Nc1nc2c(cc1C#N)CCCC2. The van der Waals surface area contributed by atoms with Gasteiger partial charge in [0.25, 0.3) is 0 Å². The zero-order valence-corrected chi connectivity index (χ0v) is 11.6. The van der Waals surface area contributed by atoms with Crippen LogP contribution in [0.1, 0.15) is 43.5 Å². The predicted octanol–water partition coefficient (Wildman–Crippen LogP) is 2.26. The van der Waals surface area contributed by atoms with E-state index in [0.717, 1.165) is 18.5 Å². The topological polar surface area (TPSA) is 68.9 Å². The maximum Gasteiger partial charge on any atom is 0.144 e. The van der Waals surface area contributed by atoms with Crippen molar-refractivity contribution in [3.05, 3.63) is 22.9 Å². The molecule has 0 spiro atoms. The van der Waals surface area contributed by atoms with E-state index in [1.54, 1.807) is 0 Å². The second-order valence-corrected chi connectivity index (χ2v) is 5.40. The Hall–Kier alpha value is -1.60. The molecule has 1 aliphatic carbocycles. The molecule has 19 heavy (non-hydrogen) atoms. The minimum atomic E-state index is 0.0891. The highest BCUT2D eigenvalue weighted by atomic mass is 16.3. The number of nitriles is 1. The van der Waals surface area contributed by atoms with E-state index in [2.05, 4.69) is 16.4 Å². The van der Waals surface area contributed by atoms with Crippen molar-refractivity contribution in [2.24, 2.45) is 5.92 Å². The molecule has 1 heterocycles. The molecule has 0 saturated heterocycles. The number of aromatic nitrogens is 1. The average Bonchev–Trinajstić information content (AvgIpc) is 2.45. The number of hydrogen-bond acceptors (Lipinski definition) is 4. The Labute approximate surface area is 114 Å². The molecule has 0 radical (unpaired) electrons. The van der Waals surface area contributed by atoms with Crippen molar-refractivity contribution in [2.45, 2.75) is 45.6 Å². The van der Waals surface area contributed by atoms with Crippen LogP contribution in [-0.4, -0.2) is 22.7 Å². The molecule has 1 aromatic rings. The monoisotopic (exact) mass is 259 g/mol. The number of aliphatic hydroxyl groups is 1. The molecule has 0 saturated carbocycles. The number of nitrogens with zero attached hydrogens (tertiary/aromatic N) is 2. The number of anilines is 1. The highest BCUT2D eigenvalue weighted by Crippen LogP contribution is 2.25. The van der Waals surface area contributed by atoms with Crippen molar-refractivity contribution in [3.63, 3.8) is 0 Å². The summed E-state index contributed by atoms with van der Waals surface area (Å²) in [4.78, 5) is 4.63. The van der Waals surface area contributed by atoms with Gasteiger partial charge in [-0.15, -0.1) is 0 Å². The van der Waals surface area contributed by atoms with Crippen molar-refractivity contribution in [1.82, 2.24) is 4.98 Å². The van der Waals surface area contributed by atoms with Crippen molar-refractivity contribution in [3.8, 4) is 6.07 Å². The first kappa shape index (κ1) is 13.8. The fourth-order valence-electron chi connectivity index (χ4n) is 2.34. The highest BCUT2D eigenvalue weighted by molar-refractivity contribution is 5.55. The summed E-state index contributed by atoms with van der Waals surface area (Å²) in [5.74, 6) is 0.792. The third-order valence-corrected chi connectivity index (χ3v) is 3.93. The van der Waals surface area contributed by atoms with Crippen molar-refractivity contribution in [1.29, 1.82) is 5.26 Å². The Kier molecular flexibility index (Phi) is 4.39. The first-order valence-corrected chi connectivity index (χ1v) is 6.96. The summed E-state index contributed by atoms with van der Waals surface area (Å²) in [6.07, 6.45) is 4.39. The van der Waals surface area contributed by atoms with Crippen LogP contribution in [0, 0.1) is 17.2 Å². The van der Waals surface area contributed by atoms with Gasteiger partial charge in [0.15, 0.2) is 0 Å². The molecule has 1 aromatic heterocycles. The van der Waals surface area contributed by atoms with Gasteiger partial charge in [-0.3, -0.25) is 0 Å². The maximum atomic E-state index is 9.25. The molecular formula is C15H21N3O. The number of pyridine rings is 1. The quantitative estimate of drug-likeness (QED) is 0.870. The van der Waals surface area contributed by atoms with Crippen LogP contribution in [0.3, 0.4) is 0 Å². The number of fused-ring (bicyclic) bond motifs is 1. The molecule has 2 rings (SSSR count). The maximum absolute atomic E-state index is 9.25. The lowest BCUT2D eigenvalue weighted by molar-refractivity contribution is 0.226. The van der Waals surface area contributed by atoms with Crippen LogP contribution in [0.5, 0.6) is 0 Å². The molecule has 1 aliphatic rings. The van der Waals surface area contributed by atoms with Crippen LogP contribution in [-0.2, 0) is 12.8 Å². The second kappa shape index (κ2) is 6.03. The first-order chi connectivity index (χ1) is 9.15. The van der Waals surface area contributed by atoms with Gasteiger partial charge in [-0.05, 0) is 50.2 Å². The summed E-state index contributed by atoms with van der Waals surface area (Å²) in [5.41, 5.74) is 2.95. The van der Waals surface area contributed by atoms with E-state index in [1.807, 2.05) is 19.9 Å². The summed E-state index contributed by atoms with van der Waals surface area (Å²) in [7, 11) is 0. The third-order valence-electron chi connectivity index (χ3n) is 3.93. The zero-order valence-electron chi connectivity index (χ0n) is 11.6. The number of rotatable bonds is 4. The van der Waals surface area contributed by atoms with E-state index < -0.39 is 0 Å². The minimum Gasteiger partial charge on any atom is -0.396 e. The molecule has 4 heteroatoms. The van der Waals surface area contributed by atoms with E-state index in [0.29, 0.717) is 11.4 Å². The van der Waals surface area contributed by atoms with Gasteiger partial charge >= 0.3 is 0 Å². The van der Waals surface area contributed by atoms with Crippen LogP contribution >= 0.6 is 0 Å². The standard InChI is InChI=1S/C15H21N3O/c1-10(9-19)11(2)17-15-13(8-16)7-12-5-3-4-6-14(12)18-15/h7,10-11,19H,3-6,9H2,1-2H3,(H,17,18). The predicted molar refractivity (Wildman–Crippen MR) is 74.9 cm³/mol. The van der Waals surface area contributed by atoms with Crippen molar-refractivity contribution >= 4 is 5.82 Å². The molecule has 2 unspecified atom stereocenters. The smallest absolute Gasteiger partial charge is 0.144 e. The van der Waals surface area contributed by atoms with E-state index in [-0.39, 0.29) is 18.6 Å². The fraction of sp³-hybridized carbons (Fsp3) is 0.600. The zero-order chi connectivity index (χ0) is 13.8. The van der Waals surface area contributed by atoms with Crippen LogP contribution in [0.2, 0.25) is 0 Å². The summed E-state index contributed by atoms with van der Waals surface area (Å²) in [6, 6.07) is 4.28. The van der Waals surface area contributed by atoms with Crippen LogP contribution < -0.4 is 5.32 Å². The summed E-state index contributed by atoms with van der Waals surface area (Å²) < 4.78 is 0. The Morgan fingerprint density at radius 3 is 2.84 bits per heavy atom. The fourth-order valence-corrected chi connectivity index (χ4v) is 2.34. The molecule has 0 aromatic carbocycles. The van der Waals surface area contributed by atoms with Gasteiger partial charge in [0.05, 0.1) is 5.56 Å². The van der Waals surface area contributed by atoms with Gasteiger partial charge < -0.3 is 10.4 Å². The van der Waals surface area contributed by atoms with Gasteiger partial charge in [0.1, 0.15) is 11.9 Å². The van der Waals surface area contributed by atoms with Gasteiger partial charge in [-0.1, -0.05) is 6.92 Å². The molecule has 2 N–H and O–H groups in total. The molecule has 102 valence electrons. The van der Waals surface area contributed by atoms with E-state index in [9.17, 15) is 10.4 Å². The largest absolute Gasteiger partial charge is 0.396 e. The number of aryl methyl sites for hydroxylation is 2. The van der Waals surface area contributed by atoms with Crippen LogP contribution in [0.15, 0.2) is 6.07 Å². The lowest BCUT2D eigenvalue weighted by Crippen LogP contribution is -2.27. The number of nitrogens with one attached hydrogen (secondary N) is 1. The second-order valence-electron chi connectivity index (χ2n) is 5.40. The Balaban J connectivity index is 2.27. The van der Waals surface area contributed by atoms with Crippen molar-refractivity contribution in [2.75, 3.05) is 11.9 Å². The molecule has 0 bridgehead atoms. The molecule has 0 amide bonds. The summed E-state index contributed by atoms with van der Waals surface area (Å²) in [5, 5.41) is 21.7. The third kappa shape index (κ3) is 3.05. The highest BCUT2D eigenvalue weighted by Gasteiger charge is 2.18. The van der Waals surface area contributed by atoms with Gasteiger partial charge in [0.2, 0.25) is 0 Å². The molecule has 4 nitrogen and oxygen atoms in total. The summed E-state index contributed by atoms with van der Waals surface area (Å²) in [6.45, 7) is 4.10. The number of aliphatic hydroxyl groups excluding tert-OH is 1. The summed E-state index contributed by atoms with van der Waals surface area (Å²) >= 11 is 0. The van der Waals surface area contributed by atoms with Crippen LogP contribution in [0.4, 0.5) is 5.82 Å². The van der Waals surface area contributed by atoms with E-state index in [4.69, 9.17) is 0 Å². The average molecular weight is 259 g/mol. The van der Waals surface area contributed by atoms with E-state index in [1.165, 1.54) is 18.4 Å². The number of hydrogen-bond donors (Lipinski definition) is 2. The Morgan fingerprint density at radius 2 is 2.16 bits per heavy atom. The van der Waals surface area contributed by atoms with Crippen LogP contribution in [0.25, 0.3) is 0 Å². The normalized spacial score (nSPS) is 17.2. The molecule has 0 fully saturated rings. The van der Waals surface area contributed by atoms with Gasteiger partial charge in [0, 0.05) is 18.3 Å². The van der Waals surface area contributed by atoms with Crippen molar-refractivity contribution < 1.29 is 5.11 Å². The lowest BCUT2D eigenvalue weighted by Gasteiger charge is -2.22. The molecule has 2 atom stereocenters.